The lowest BCUT2D eigenvalue weighted by Crippen LogP contribution is -2.50. The number of aromatic nitrogens is 3. The Kier molecular flexibility index (Phi) is 5.20. The van der Waals surface area contributed by atoms with Crippen LogP contribution in [-0.4, -0.2) is 63.2 Å². The van der Waals surface area contributed by atoms with Crippen molar-refractivity contribution in [1.29, 1.82) is 0 Å². The molecule has 1 saturated heterocycles. The number of carbonyl (C=O) groups is 1. The van der Waals surface area contributed by atoms with Gasteiger partial charge in [0, 0.05) is 38.3 Å². The van der Waals surface area contributed by atoms with Gasteiger partial charge in [-0.3, -0.25) is 9.69 Å². The number of carbonyl (C=O) groups excluding carboxylic acids is 1. The topological polar surface area (TPSA) is 54.3 Å². The SMILES string of the molecule is CCCN1CCN(C(=O)C2CCCn3c(-c4ccc(F)cc4)nnc32)CC1. The molecule has 2 aliphatic heterocycles. The molecule has 1 aromatic carbocycles. The average Bonchev–Trinajstić information content (AvgIpc) is 3.13. The van der Waals surface area contributed by atoms with Crippen molar-refractivity contribution < 1.29 is 9.18 Å². The molecule has 1 atom stereocenters. The van der Waals surface area contributed by atoms with Crippen molar-refractivity contribution in [2.75, 3.05) is 32.7 Å². The summed E-state index contributed by atoms with van der Waals surface area (Å²) in [4.78, 5) is 17.5. The largest absolute Gasteiger partial charge is 0.339 e. The first kappa shape index (κ1) is 18.1. The molecule has 0 saturated carbocycles. The van der Waals surface area contributed by atoms with Crippen LogP contribution < -0.4 is 0 Å². The molecule has 6 nitrogen and oxygen atoms in total. The molecule has 144 valence electrons. The van der Waals surface area contributed by atoms with Gasteiger partial charge in [0.05, 0.1) is 5.92 Å². The third kappa shape index (κ3) is 3.60. The van der Waals surface area contributed by atoms with Gasteiger partial charge in [0.2, 0.25) is 5.91 Å². The molecule has 1 amide bonds. The summed E-state index contributed by atoms with van der Waals surface area (Å²) >= 11 is 0. The number of fused-ring (bicyclic) bond motifs is 1. The maximum atomic E-state index is 13.2. The number of rotatable bonds is 4. The van der Waals surface area contributed by atoms with Gasteiger partial charge in [0.1, 0.15) is 11.6 Å². The van der Waals surface area contributed by atoms with Gasteiger partial charge in [0.15, 0.2) is 5.82 Å². The highest BCUT2D eigenvalue weighted by atomic mass is 19.1. The molecule has 4 rings (SSSR count). The van der Waals surface area contributed by atoms with E-state index in [2.05, 4.69) is 22.0 Å². The zero-order valence-electron chi connectivity index (χ0n) is 15.8. The van der Waals surface area contributed by atoms with E-state index >= 15 is 0 Å². The second-order valence-corrected chi connectivity index (χ2v) is 7.40. The molecule has 27 heavy (non-hydrogen) atoms. The first-order valence-corrected chi connectivity index (χ1v) is 9.87. The van der Waals surface area contributed by atoms with Gasteiger partial charge in [-0.25, -0.2) is 4.39 Å². The Hall–Kier alpha value is -2.28. The highest BCUT2D eigenvalue weighted by molar-refractivity contribution is 5.83. The lowest BCUT2D eigenvalue weighted by atomic mass is 9.96. The van der Waals surface area contributed by atoms with E-state index in [-0.39, 0.29) is 17.6 Å². The molecular formula is C20H26FN5O. The highest BCUT2D eigenvalue weighted by Gasteiger charge is 2.34. The molecular weight excluding hydrogens is 345 g/mol. The standard InChI is InChI=1S/C20H26FN5O/c1-2-9-24-11-13-25(14-12-24)20(27)17-4-3-10-26-18(22-23-19(17)26)15-5-7-16(21)8-6-15/h5-8,17H,2-4,9-14H2,1H3. The Balaban J connectivity index is 1.52. The van der Waals surface area contributed by atoms with Crippen molar-refractivity contribution in [2.45, 2.75) is 38.6 Å². The minimum absolute atomic E-state index is 0.171. The molecule has 0 aliphatic carbocycles. The summed E-state index contributed by atoms with van der Waals surface area (Å²) in [6, 6.07) is 6.28. The van der Waals surface area contributed by atoms with Crippen molar-refractivity contribution in [3.05, 3.63) is 35.9 Å². The molecule has 7 heteroatoms. The van der Waals surface area contributed by atoms with Crippen LogP contribution in [0.25, 0.3) is 11.4 Å². The molecule has 0 bridgehead atoms. The number of amides is 1. The van der Waals surface area contributed by atoms with Crippen LogP contribution in [0, 0.1) is 5.82 Å². The summed E-state index contributed by atoms with van der Waals surface area (Å²) in [7, 11) is 0. The average molecular weight is 371 g/mol. The minimum atomic E-state index is -0.271. The normalized spacial score (nSPS) is 20.5. The van der Waals surface area contributed by atoms with Crippen LogP contribution in [0.1, 0.15) is 37.9 Å². The zero-order valence-corrected chi connectivity index (χ0v) is 15.8. The van der Waals surface area contributed by atoms with E-state index in [0.29, 0.717) is 0 Å². The molecule has 2 aliphatic rings. The summed E-state index contributed by atoms with van der Waals surface area (Å²) in [6.45, 7) is 7.54. The van der Waals surface area contributed by atoms with E-state index in [4.69, 9.17) is 0 Å². The Morgan fingerprint density at radius 1 is 1.11 bits per heavy atom. The number of hydrogen-bond donors (Lipinski definition) is 0. The first-order chi connectivity index (χ1) is 13.2. The fourth-order valence-electron chi connectivity index (χ4n) is 4.15. The van der Waals surface area contributed by atoms with Crippen LogP contribution in [0.4, 0.5) is 4.39 Å². The maximum absolute atomic E-state index is 13.2. The lowest BCUT2D eigenvalue weighted by molar-refractivity contribution is -0.135. The fourth-order valence-corrected chi connectivity index (χ4v) is 4.15. The Labute approximate surface area is 159 Å². The van der Waals surface area contributed by atoms with Crippen molar-refractivity contribution >= 4 is 5.91 Å². The van der Waals surface area contributed by atoms with Crippen molar-refractivity contribution in [2.24, 2.45) is 0 Å². The van der Waals surface area contributed by atoms with Gasteiger partial charge < -0.3 is 9.47 Å². The molecule has 0 radical (unpaired) electrons. The van der Waals surface area contributed by atoms with Crippen molar-refractivity contribution in [3.63, 3.8) is 0 Å². The van der Waals surface area contributed by atoms with Gasteiger partial charge in [-0.2, -0.15) is 0 Å². The second kappa shape index (κ2) is 7.76. The number of nitrogens with zero attached hydrogens (tertiary/aromatic N) is 5. The fraction of sp³-hybridized carbons (Fsp3) is 0.550. The van der Waals surface area contributed by atoms with E-state index in [1.165, 1.54) is 12.1 Å². The van der Waals surface area contributed by atoms with Gasteiger partial charge in [-0.05, 0) is 50.1 Å². The van der Waals surface area contributed by atoms with E-state index in [0.717, 1.165) is 75.7 Å². The van der Waals surface area contributed by atoms with Crippen LogP contribution in [0.3, 0.4) is 0 Å². The summed E-state index contributed by atoms with van der Waals surface area (Å²) in [5, 5.41) is 8.68. The first-order valence-electron chi connectivity index (χ1n) is 9.87. The van der Waals surface area contributed by atoms with E-state index < -0.39 is 0 Å². The third-order valence-electron chi connectivity index (χ3n) is 5.59. The molecule has 3 heterocycles. The van der Waals surface area contributed by atoms with Crippen molar-refractivity contribution in [1.82, 2.24) is 24.6 Å². The molecule has 0 spiro atoms. The monoisotopic (exact) mass is 371 g/mol. The van der Waals surface area contributed by atoms with Gasteiger partial charge >= 0.3 is 0 Å². The molecule has 1 aromatic heterocycles. The summed E-state index contributed by atoms with van der Waals surface area (Å²) in [5.41, 5.74) is 0.830. The zero-order chi connectivity index (χ0) is 18.8. The predicted molar refractivity (Wildman–Crippen MR) is 101 cm³/mol. The van der Waals surface area contributed by atoms with Crippen LogP contribution >= 0.6 is 0 Å². The Morgan fingerprint density at radius 3 is 2.56 bits per heavy atom. The lowest BCUT2D eigenvalue weighted by Gasteiger charge is -2.36. The van der Waals surface area contributed by atoms with Gasteiger partial charge in [-0.1, -0.05) is 6.92 Å². The minimum Gasteiger partial charge on any atom is -0.339 e. The summed E-state index contributed by atoms with van der Waals surface area (Å²) < 4.78 is 15.3. The van der Waals surface area contributed by atoms with Crippen LogP contribution in [0.5, 0.6) is 0 Å². The van der Waals surface area contributed by atoms with Crippen LogP contribution in [0.2, 0.25) is 0 Å². The summed E-state index contributed by atoms with van der Waals surface area (Å²) in [6.07, 6.45) is 2.88. The highest BCUT2D eigenvalue weighted by Crippen LogP contribution is 2.31. The second-order valence-electron chi connectivity index (χ2n) is 7.40. The number of halogens is 1. The third-order valence-corrected chi connectivity index (χ3v) is 5.59. The number of benzene rings is 1. The van der Waals surface area contributed by atoms with Crippen LogP contribution in [0.15, 0.2) is 24.3 Å². The van der Waals surface area contributed by atoms with E-state index in [9.17, 15) is 9.18 Å². The van der Waals surface area contributed by atoms with Crippen LogP contribution in [-0.2, 0) is 11.3 Å². The maximum Gasteiger partial charge on any atom is 0.233 e. The van der Waals surface area contributed by atoms with Crippen molar-refractivity contribution in [3.8, 4) is 11.4 Å². The van der Waals surface area contributed by atoms with Gasteiger partial charge in [-0.15, -0.1) is 10.2 Å². The molecule has 2 aromatic rings. The Bertz CT molecular complexity index is 795. The van der Waals surface area contributed by atoms with Gasteiger partial charge in [0.25, 0.3) is 0 Å². The predicted octanol–water partition coefficient (Wildman–Crippen LogP) is 2.52. The number of piperazine rings is 1. The van der Waals surface area contributed by atoms with E-state index in [1.54, 1.807) is 12.1 Å². The van der Waals surface area contributed by atoms with E-state index in [1.807, 2.05) is 9.47 Å². The smallest absolute Gasteiger partial charge is 0.233 e. The Morgan fingerprint density at radius 2 is 1.85 bits per heavy atom. The molecule has 1 fully saturated rings. The molecule has 1 unspecified atom stereocenters. The molecule has 0 N–H and O–H groups in total. The number of hydrogen-bond acceptors (Lipinski definition) is 4. The quantitative estimate of drug-likeness (QED) is 0.829. The summed E-state index contributed by atoms with van der Waals surface area (Å²) in [5.74, 6) is 1.15.